The molecule has 5 rings (SSSR count). The summed E-state index contributed by atoms with van der Waals surface area (Å²) in [5, 5.41) is 18.3. The highest BCUT2D eigenvalue weighted by atomic mass is 35.5. The number of benzene rings is 2. The number of halogens is 1. The Labute approximate surface area is 243 Å². The van der Waals surface area contributed by atoms with Crippen LogP contribution in [-0.4, -0.2) is 63.7 Å². The maximum absolute atomic E-state index is 11.0. The van der Waals surface area contributed by atoms with E-state index in [1.165, 1.54) is 0 Å². The first-order chi connectivity index (χ1) is 20.0. The molecule has 2 heterocycles. The van der Waals surface area contributed by atoms with Gasteiger partial charge < -0.3 is 29.4 Å². The van der Waals surface area contributed by atoms with Crippen LogP contribution < -0.4 is 4.74 Å². The molecule has 1 aliphatic rings. The topological polar surface area (TPSA) is 127 Å². The molecule has 10 heteroatoms. The van der Waals surface area contributed by atoms with E-state index in [4.69, 9.17) is 41.0 Å². The SMILES string of the molecule is O=C(O)CC1CCC(Oc2nc3nc(-c4ccc(-c5ccc(COCCOCCO)cc5)cc4)c(Cl)cc3[nH]2)CC1. The first-order valence-electron chi connectivity index (χ1n) is 13.9. The number of aliphatic carboxylic acids is 1. The molecule has 1 saturated carbocycles. The number of aliphatic hydroxyl groups excluding tert-OH is 1. The van der Waals surface area contributed by atoms with Crippen molar-refractivity contribution in [3.8, 4) is 28.4 Å². The molecule has 0 radical (unpaired) electrons. The van der Waals surface area contributed by atoms with Crippen molar-refractivity contribution < 1.29 is 29.2 Å². The molecule has 0 atom stereocenters. The number of carboxylic acid groups (broad SMARTS) is 1. The van der Waals surface area contributed by atoms with Crippen LogP contribution in [0.1, 0.15) is 37.7 Å². The maximum Gasteiger partial charge on any atom is 0.303 e. The third-order valence-electron chi connectivity index (χ3n) is 7.26. The second kappa shape index (κ2) is 13.9. The van der Waals surface area contributed by atoms with E-state index >= 15 is 0 Å². The van der Waals surface area contributed by atoms with Crippen LogP contribution in [0.25, 0.3) is 33.5 Å². The summed E-state index contributed by atoms with van der Waals surface area (Å²) in [4.78, 5) is 23.4. The van der Waals surface area contributed by atoms with E-state index in [2.05, 4.69) is 22.1 Å². The molecule has 1 aliphatic carbocycles. The molecule has 41 heavy (non-hydrogen) atoms. The summed E-state index contributed by atoms with van der Waals surface area (Å²) in [7, 11) is 0. The smallest absolute Gasteiger partial charge is 0.303 e. The first kappa shape index (κ1) is 29.0. The standard InChI is InChI=1S/C31H34ClN3O6/c32-26-18-27-30(35-31(33-27)41-25-11-3-20(4-12-25)17-28(37)38)34-29(26)24-9-7-23(8-10-24)22-5-1-21(2-6-22)19-40-16-15-39-14-13-36/h1-2,5-10,18,20,25,36H,3-4,11-17,19H2,(H,37,38)(H,33,34,35). The molecule has 1 fully saturated rings. The number of aromatic amines is 1. The van der Waals surface area contributed by atoms with E-state index in [0.29, 0.717) is 54.3 Å². The Balaban J connectivity index is 1.20. The summed E-state index contributed by atoms with van der Waals surface area (Å²) >= 11 is 6.62. The zero-order chi connectivity index (χ0) is 28.6. The molecule has 3 N–H and O–H groups in total. The van der Waals surface area contributed by atoms with Gasteiger partial charge in [-0.25, -0.2) is 4.98 Å². The number of H-pyrrole nitrogens is 1. The van der Waals surface area contributed by atoms with E-state index in [1.807, 2.05) is 42.5 Å². The van der Waals surface area contributed by atoms with Crippen LogP contribution in [0, 0.1) is 5.92 Å². The van der Waals surface area contributed by atoms with Crippen molar-refractivity contribution in [2.45, 2.75) is 44.8 Å². The van der Waals surface area contributed by atoms with Gasteiger partial charge in [-0.1, -0.05) is 60.1 Å². The highest BCUT2D eigenvalue weighted by molar-refractivity contribution is 6.33. The van der Waals surface area contributed by atoms with Crippen LogP contribution in [0.2, 0.25) is 5.02 Å². The number of hydrogen-bond donors (Lipinski definition) is 3. The van der Waals surface area contributed by atoms with Gasteiger partial charge in [0.2, 0.25) is 0 Å². The average molecular weight is 580 g/mol. The second-order valence-electron chi connectivity index (χ2n) is 10.3. The van der Waals surface area contributed by atoms with Gasteiger partial charge in [0.05, 0.1) is 49.3 Å². The number of hydrogen-bond acceptors (Lipinski definition) is 7. The minimum atomic E-state index is -0.741. The average Bonchev–Trinajstić information content (AvgIpc) is 3.36. The number of carboxylic acids is 1. The Bertz CT molecular complexity index is 1430. The molecule has 0 saturated heterocycles. The summed E-state index contributed by atoms with van der Waals surface area (Å²) in [6, 6.07) is 18.5. The predicted molar refractivity (Wildman–Crippen MR) is 156 cm³/mol. The van der Waals surface area contributed by atoms with Crippen LogP contribution in [0.3, 0.4) is 0 Å². The third-order valence-corrected chi connectivity index (χ3v) is 7.55. The van der Waals surface area contributed by atoms with E-state index in [9.17, 15) is 4.79 Å². The lowest BCUT2D eigenvalue weighted by Crippen LogP contribution is -2.25. The Hall–Kier alpha value is -3.50. The van der Waals surface area contributed by atoms with Gasteiger partial charge in [-0.15, -0.1) is 0 Å². The van der Waals surface area contributed by atoms with Gasteiger partial charge in [0, 0.05) is 12.0 Å². The van der Waals surface area contributed by atoms with Crippen molar-refractivity contribution in [1.29, 1.82) is 0 Å². The second-order valence-corrected chi connectivity index (χ2v) is 10.7. The highest BCUT2D eigenvalue weighted by Gasteiger charge is 2.25. The summed E-state index contributed by atoms with van der Waals surface area (Å²) in [6.07, 6.45) is 3.50. The Kier molecular flexibility index (Phi) is 9.84. The van der Waals surface area contributed by atoms with Gasteiger partial charge in [-0.05, 0) is 54.4 Å². The van der Waals surface area contributed by atoms with Gasteiger partial charge in [0.1, 0.15) is 6.10 Å². The Morgan fingerprint density at radius 2 is 1.56 bits per heavy atom. The van der Waals surface area contributed by atoms with Crippen LogP contribution in [0.5, 0.6) is 6.01 Å². The zero-order valence-corrected chi connectivity index (χ0v) is 23.5. The number of rotatable bonds is 13. The number of imidazole rings is 1. The van der Waals surface area contributed by atoms with Crippen LogP contribution in [-0.2, 0) is 20.9 Å². The van der Waals surface area contributed by atoms with Gasteiger partial charge in [-0.2, -0.15) is 4.98 Å². The maximum atomic E-state index is 11.0. The molecule has 0 unspecified atom stereocenters. The van der Waals surface area contributed by atoms with E-state index < -0.39 is 5.97 Å². The molecule has 2 aromatic heterocycles. The first-order valence-corrected chi connectivity index (χ1v) is 14.3. The minimum absolute atomic E-state index is 0.00155. The molecule has 0 bridgehead atoms. The fourth-order valence-electron chi connectivity index (χ4n) is 5.10. The largest absolute Gasteiger partial charge is 0.481 e. The highest BCUT2D eigenvalue weighted by Crippen LogP contribution is 2.33. The molecule has 216 valence electrons. The number of fused-ring (bicyclic) bond motifs is 1. The number of nitrogens with one attached hydrogen (secondary N) is 1. The molecule has 0 spiro atoms. The minimum Gasteiger partial charge on any atom is -0.481 e. The van der Waals surface area contributed by atoms with Crippen LogP contribution in [0.4, 0.5) is 0 Å². The third kappa shape index (κ3) is 7.83. The lowest BCUT2D eigenvalue weighted by Gasteiger charge is -2.27. The summed E-state index contributed by atoms with van der Waals surface area (Å²) in [5.74, 6) is -0.528. The fraction of sp³-hybridized carbons (Fsp3) is 0.387. The summed E-state index contributed by atoms with van der Waals surface area (Å²) in [6.45, 7) is 1.79. The lowest BCUT2D eigenvalue weighted by atomic mass is 9.85. The van der Waals surface area contributed by atoms with Gasteiger partial charge in [0.25, 0.3) is 6.01 Å². The number of ether oxygens (including phenoxy) is 3. The Morgan fingerprint density at radius 1 is 0.902 bits per heavy atom. The van der Waals surface area contributed by atoms with Crippen molar-refractivity contribution in [2.75, 3.05) is 26.4 Å². The molecule has 0 aliphatic heterocycles. The van der Waals surface area contributed by atoms with Crippen molar-refractivity contribution in [1.82, 2.24) is 15.0 Å². The quantitative estimate of drug-likeness (QED) is 0.168. The zero-order valence-electron chi connectivity index (χ0n) is 22.7. The molecular formula is C31H34ClN3O6. The molecular weight excluding hydrogens is 546 g/mol. The monoisotopic (exact) mass is 579 g/mol. The lowest BCUT2D eigenvalue weighted by molar-refractivity contribution is -0.138. The molecule has 0 amide bonds. The van der Waals surface area contributed by atoms with Gasteiger partial charge in [0.15, 0.2) is 5.65 Å². The molecule has 9 nitrogen and oxygen atoms in total. The Morgan fingerprint density at radius 3 is 2.24 bits per heavy atom. The van der Waals surface area contributed by atoms with Gasteiger partial charge >= 0.3 is 5.97 Å². The van der Waals surface area contributed by atoms with Gasteiger partial charge in [-0.3, -0.25) is 4.79 Å². The number of aromatic nitrogens is 3. The number of pyridine rings is 1. The van der Waals surface area contributed by atoms with E-state index in [0.717, 1.165) is 47.9 Å². The van der Waals surface area contributed by atoms with Crippen LogP contribution >= 0.6 is 11.6 Å². The van der Waals surface area contributed by atoms with Crippen molar-refractivity contribution in [2.24, 2.45) is 5.92 Å². The number of carbonyl (C=O) groups is 1. The van der Waals surface area contributed by atoms with Crippen molar-refractivity contribution in [3.63, 3.8) is 0 Å². The van der Waals surface area contributed by atoms with Crippen molar-refractivity contribution in [3.05, 3.63) is 65.2 Å². The predicted octanol–water partition coefficient (Wildman–Crippen LogP) is 5.88. The van der Waals surface area contributed by atoms with E-state index in [-0.39, 0.29) is 25.0 Å². The fourth-order valence-corrected chi connectivity index (χ4v) is 5.36. The van der Waals surface area contributed by atoms with Crippen LogP contribution in [0.15, 0.2) is 54.6 Å². The van der Waals surface area contributed by atoms with Crippen molar-refractivity contribution >= 4 is 28.7 Å². The van der Waals surface area contributed by atoms with E-state index in [1.54, 1.807) is 0 Å². The number of nitrogens with zero attached hydrogens (tertiary/aromatic N) is 2. The summed E-state index contributed by atoms with van der Waals surface area (Å²) in [5.41, 5.74) is 6.00. The molecule has 2 aromatic carbocycles. The summed E-state index contributed by atoms with van der Waals surface area (Å²) < 4.78 is 16.9. The molecule has 4 aromatic rings. The number of aliphatic hydroxyl groups is 1. The normalized spacial score (nSPS) is 17.1.